The van der Waals surface area contributed by atoms with E-state index in [1.165, 1.54) is 25.2 Å². The van der Waals surface area contributed by atoms with Crippen LogP contribution in [0.2, 0.25) is 5.02 Å². The molecule has 0 bridgehead atoms. The van der Waals surface area contributed by atoms with Crippen LogP contribution in [0.4, 0.5) is 5.69 Å². The van der Waals surface area contributed by atoms with Crippen molar-refractivity contribution >= 4 is 45.0 Å². The third-order valence-corrected chi connectivity index (χ3v) is 5.74. The first-order chi connectivity index (χ1) is 10.9. The van der Waals surface area contributed by atoms with Gasteiger partial charge in [0.15, 0.2) is 0 Å². The monoisotopic (exact) mass is 370 g/mol. The Bertz CT molecular complexity index is 821. The molecule has 0 aliphatic rings. The highest BCUT2D eigenvalue weighted by Crippen LogP contribution is 2.23. The molecule has 0 fully saturated rings. The summed E-state index contributed by atoms with van der Waals surface area (Å²) in [5.41, 5.74) is 0.831. The molecule has 2 aromatic carbocycles. The van der Waals surface area contributed by atoms with Gasteiger partial charge in [0, 0.05) is 16.1 Å². The van der Waals surface area contributed by atoms with E-state index in [1.807, 2.05) is 18.4 Å². The van der Waals surface area contributed by atoms with Crippen molar-refractivity contribution in [1.82, 2.24) is 4.72 Å². The number of benzene rings is 2. The minimum absolute atomic E-state index is 0.0558. The van der Waals surface area contributed by atoms with E-state index < -0.39 is 15.9 Å². The van der Waals surface area contributed by atoms with E-state index in [0.29, 0.717) is 5.69 Å². The highest BCUT2D eigenvalue weighted by Gasteiger charge is 2.18. The van der Waals surface area contributed by atoms with Gasteiger partial charge in [-0.05, 0) is 55.8 Å². The van der Waals surface area contributed by atoms with Crippen LogP contribution < -0.4 is 10.0 Å². The molecule has 0 spiro atoms. The van der Waals surface area contributed by atoms with Crippen molar-refractivity contribution in [3.05, 3.63) is 53.1 Å². The van der Waals surface area contributed by atoms with E-state index in [-0.39, 0.29) is 15.5 Å². The molecule has 5 nitrogen and oxygen atoms in total. The Kier molecular flexibility index (Phi) is 5.69. The number of hydrogen-bond donors (Lipinski definition) is 2. The number of sulfonamides is 1. The number of halogens is 1. The summed E-state index contributed by atoms with van der Waals surface area (Å²) in [7, 11) is -2.45. The molecular formula is C15H15ClN2O3S2. The molecule has 122 valence electrons. The van der Waals surface area contributed by atoms with E-state index >= 15 is 0 Å². The van der Waals surface area contributed by atoms with Gasteiger partial charge in [-0.15, -0.1) is 11.8 Å². The summed E-state index contributed by atoms with van der Waals surface area (Å²) in [6.45, 7) is 0. The first kappa shape index (κ1) is 17.8. The average molecular weight is 371 g/mol. The number of thioether (sulfide) groups is 1. The highest BCUT2D eigenvalue weighted by molar-refractivity contribution is 7.98. The Labute approximate surface area is 144 Å². The number of carbonyl (C=O) groups excluding carboxylic acids is 1. The van der Waals surface area contributed by atoms with Crippen molar-refractivity contribution in [3.63, 3.8) is 0 Å². The van der Waals surface area contributed by atoms with E-state index in [9.17, 15) is 13.2 Å². The molecule has 0 aliphatic heterocycles. The number of amides is 1. The van der Waals surface area contributed by atoms with Gasteiger partial charge in [0.2, 0.25) is 10.0 Å². The van der Waals surface area contributed by atoms with Crippen LogP contribution in [0.15, 0.2) is 52.3 Å². The van der Waals surface area contributed by atoms with E-state index in [4.69, 9.17) is 11.6 Å². The van der Waals surface area contributed by atoms with Crippen LogP contribution in [0.1, 0.15) is 10.4 Å². The van der Waals surface area contributed by atoms with Crippen molar-refractivity contribution in [2.45, 2.75) is 9.79 Å². The lowest BCUT2D eigenvalue weighted by atomic mass is 10.2. The number of carbonyl (C=O) groups is 1. The zero-order valence-corrected chi connectivity index (χ0v) is 14.8. The molecule has 0 aliphatic carbocycles. The molecule has 2 N–H and O–H groups in total. The van der Waals surface area contributed by atoms with E-state index in [1.54, 1.807) is 23.9 Å². The second-order valence-electron chi connectivity index (χ2n) is 4.54. The predicted octanol–water partition coefficient (Wildman–Crippen LogP) is 3.22. The summed E-state index contributed by atoms with van der Waals surface area (Å²) < 4.78 is 26.0. The molecule has 1 amide bonds. The molecule has 0 aromatic heterocycles. The minimum atomic E-state index is -3.73. The largest absolute Gasteiger partial charge is 0.322 e. The first-order valence-corrected chi connectivity index (χ1v) is 9.64. The van der Waals surface area contributed by atoms with Gasteiger partial charge in [-0.3, -0.25) is 4.79 Å². The lowest BCUT2D eigenvalue weighted by Crippen LogP contribution is -2.20. The molecule has 2 rings (SSSR count). The van der Waals surface area contributed by atoms with E-state index in [2.05, 4.69) is 10.0 Å². The van der Waals surface area contributed by atoms with Crippen molar-refractivity contribution in [2.75, 3.05) is 18.6 Å². The fourth-order valence-corrected chi connectivity index (χ4v) is 3.50. The van der Waals surface area contributed by atoms with Crippen LogP contribution in [0.3, 0.4) is 0 Å². The van der Waals surface area contributed by atoms with Gasteiger partial charge in [0.1, 0.15) is 4.90 Å². The van der Waals surface area contributed by atoms with Crippen LogP contribution in [-0.2, 0) is 10.0 Å². The lowest BCUT2D eigenvalue weighted by molar-refractivity contribution is 0.102. The van der Waals surface area contributed by atoms with Crippen LogP contribution in [-0.4, -0.2) is 27.6 Å². The topological polar surface area (TPSA) is 75.3 Å². The van der Waals surface area contributed by atoms with Crippen molar-refractivity contribution < 1.29 is 13.2 Å². The smallest absolute Gasteiger partial charge is 0.255 e. The number of rotatable bonds is 5. The van der Waals surface area contributed by atoms with Gasteiger partial charge >= 0.3 is 0 Å². The first-order valence-electron chi connectivity index (χ1n) is 6.56. The standard InChI is InChI=1S/C15H15ClN2O3S2/c1-17-23(20,21)14-9-10(3-8-13(14)16)15(19)18-11-4-6-12(22-2)7-5-11/h3-9,17H,1-2H3,(H,18,19). The quantitative estimate of drug-likeness (QED) is 0.792. The van der Waals surface area contributed by atoms with Crippen molar-refractivity contribution in [1.29, 1.82) is 0 Å². The summed E-state index contributed by atoms with van der Waals surface area (Å²) in [5, 5.41) is 2.77. The van der Waals surface area contributed by atoms with Crippen LogP contribution >= 0.6 is 23.4 Å². The fraction of sp³-hybridized carbons (Fsp3) is 0.133. The van der Waals surface area contributed by atoms with Crippen molar-refractivity contribution in [2.24, 2.45) is 0 Å². The van der Waals surface area contributed by atoms with Crippen molar-refractivity contribution in [3.8, 4) is 0 Å². The van der Waals surface area contributed by atoms with Crippen LogP contribution in [0.5, 0.6) is 0 Å². The molecule has 0 unspecified atom stereocenters. The number of hydrogen-bond acceptors (Lipinski definition) is 4. The second-order valence-corrected chi connectivity index (χ2v) is 7.68. The Morgan fingerprint density at radius 2 is 1.78 bits per heavy atom. The molecule has 23 heavy (non-hydrogen) atoms. The number of nitrogens with one attached hydrogen (secondary N) is 2. The molecule has 0 saturated carbocycles. The maximum absolute atomic E-state index is 12.3. The Balaban J connectivity index is 2.27. The van der Waals surface area contributed by atoms with Gasteiger partial charge in [-0.1, -0.05) is 11.6 Å². The summed E-state index contributed by atoms with van der Waals surface area (Å²) in [5.74, 6) is -0.411. The third kappa shape index (κ3) is 4.26. The molecule has 0 radical (unpaired) electrons. The van der Waals surface area contributed by atoms with E-state index in [0.717, 1.165) is 4.90 Å². The minimum Gasteiger partial charge on any atom is -0.322 e. The Hall–Kier alpha value is -1.54. The third-order valence-electron chi connectivity index (χ3n) is 3.10. The molecular weight excluding hydrogens is 356 g/mol. The second kappa shape index (κ2) is 7.35. The Morgan fingerprint density at radius 3 is 2.35 bits per heavy atom. The van der Waals surface area contributed by atoms with Gasteiger partial charge in [-0.25, -0.2) is 13.1 Å². The fourth-order valence-electron chi connectivity index (χ4n) is 1.84. The SMILES string of the molecule is CNS(=O)(=O)c1cc(C(=O)Nc2ccc(SC)cc2)ccc1Cl. The normalized spacial score (nSPS) is 11.3. The van der Waals surface area contributed by atoms with Gasteiger partial charge in [-0.2, -0.15) is 0 Å². The van der Waals surface area contributed by atoms with Gasteiger partial charge in [0.05, 0.1) is 5.02 Å². The number of anilines is 1. The van der Waals surface area contributed by atoms with Crippen LogP contribution in [0.25, 0.3) is 0 Å². The van der Waals surface area contributed by atoms with Gasteiger partial charge in [0.25, 0.3) is 5.91 Å². The molecule has 8 heteroatoms. The zero-order chi connectivity index (χ0) is 17.0. The summed E-state index contributed by atoms with van der Waals surface area (Å²) in [4.78, 5) is 13.2. The van der Waals surface area contributed by atoms with Crippen LogP contribution in [0, 0.1) is 0 Å². The summed E-state index contributed by atoms with van der Waals surface area (Å²) >= 11 is 7.51. The molecule has 0 heterocycles. The Morgan fingerprint density at radius 1 is 1.13 bits per heavy atom. The lowest BCUT2D eigenvalue weighted by Gasteiger charge is -2.09. The maximum Gasteiger partial charge on any atom is 0.255 e. The highest BCUT2D eigenvalue weighted by atomic mass is 35.5. The molecule has 2 aromatic rings. The zero-order valence-electron chi connectivity index (χ0n) is 12.5. The van der Waals surface area contributed by atoms with Gasteiger partial charge < -0.3 is 5.32 Å². The molecule has 0 saturated heterocycles. The maximum atomic E-state index is 12.3. The predicted molar refractivity (Wildman–Crippen MR) is 93.9 cm³/mol. The summed E-state index contributed by atoms with van der Waals surface area (Å²) in [6, 6.07) is 11.5. The average Bonchev–Trinajstić information content (AvgIpc) is 2.55. The molecule has 0 atom stereocenters. The summed E-state index contributed by atoms with van der Waals surface area (Å²) in [6.07, 6.45) is 1.96.